The third kappa shape index (κ3) is 5.68. The summed E-state index contributed by atoms with van der Waals surface area (Å²) < 4.78 is 11.4. The SMILES string of the molecule is Cc1cc(C)c(C)c(O[C@@H](C)C(=O)NCCOc2ccc(Cl)cc2)c1. The highest BCUT2D eigenvalue weighted by atomic mass is 35.5. The van der Waals surface area contributed by atoms with E-state index < -0.39 is 6.10 Å². The Labute approximate surface area is 154 Å². The standard InChI is InChI=1S/C20H24ClNO3/c1-13-11-14(2)15(3)19(12-13)25-16(4)20(23)22-9-10-24-18-7-5-17(21)6-8-18/h5-8,11-12,16H,9-10H2,1-4H3,(H,22,23)/t16-/m0/s1. The van der Waals surface area contributed by atoms with Crippen molar-refractivity contribution in [3.05, 3.63) is 58.1 Å². The van der Waals surface area contributed by atoms with E-state index in [1.165, 1.54) is 0 Å². The van der Waals surface area contributed by atoms with Gasteiger partial charge in [0.2, 0.25) is 0 Å². The molecule has 0 heterocycles. The van der Waals surface area contributed by atoms with E-state index in [0.29, 0.717) is 23.9 Å². The molecular formula is C20H24ClNO3. The van der Waals surface area contributed by atoms with Gasteiger partial charge in [0.25, 0.3) is 5.91 Å². The summed E-state index contributed by atoms with van der Waals surface area (Å²) in [6.07, 6.45) is -0.574. The van der Waals surface area contributed by atoms with Crippen LogP contribution in [0.15, 0.2) is 36.4 Å². The molecule has 2 aromatic carbocycles. The molecule has 0 unspecified atom stereocenters. The largest absolute Gasteiger partial charge is 0.492 e. The Hall–Kier alpha value is -2.20. The van der Waals surface area contributed by atoms with E-state index in [2.05, 4.69) is 11.4 Å². The van der Waals surface area contributed by atoms with Crippen molar-refractivity contribution in [3.63, 3.8) is 0 Å². The summed E-state index contributed by atoms with van der Waals surface area (Å²) >= 11 is 5.82. The van der Waals surface area contributed by atoms with Gasteiger partial charge in [0.15, 0.2) is 6.10 Å². The summed E-state index contributed by atoms with van der Waals surface area (Å²) in [7, 11) is 0. The number of aryl methyl sites for hydroxylation is 2. The van der Waals surface area contributed by atoms with Crippen molar-refractivity contribution in [2.45, 2.75) is 33.8 Å². The van der Waals surface area contributed by atoms with Crippen molar-refractivity contribution < 1.29 is 14.3 Å². The highest BCUT2D eigenvalue weighted by Gasteiger charge is 2.16. The fourth-order valence-electron chi connectivity index (χ4n) is 2.38. The van der Waals surface area contributed by atoms with Gasteiger partial charge in [-0.05, 0) is 74.7 Å². The van der Waals surface area contributed by atoms with Gasteiger partial charge in [0.1, 0.15) is 18.1 Å². The Bertz CT molecular complexity index is 728. The van der Waals surface area contributed by atoms with Crippen LogP contribution < -0.4 is 14.8 Å². The molecule has 2 rings (SSSR count). The average molecular weight is 362 g/mol. The third-order valence-corrected chi connectivity index (χ3v) is 4.17. The van der Waals surface area contributed by atoms with Crippen LogP contribution in [0.4, 0.5) is 0 Å². The highest BCUT2D eigenvalue weighted by Crippen LogP contribution is 2.24. The molecule has 0 fully saturated rings. The molecule has 4 nitrogen and oxygen atoms in total. The van der Waals surface area contributed by atoms with Gasteiger partial charge in [-0.25, -0.2) is 0 Å². The molecule has 0 aromatic heterocycles. The minimum Gasteiger partial charge on any atom is -0.492 e. The lowest BCUT2D eigenvalue weighted by Gasteiger charge is -2.18. The smallest absolute Gasteiger partial charge is 0.260 e. The summed E-state index contributed by atoms with van der Waals surface area (Å²) in [6, 6.07) is 11.2. The molecule has 0 aliphatic rings. The van der Waals surface area contributed by atoms with Gasteiger partial charge < -0.3 is 14.8 Å². The summed E-state index contributed by atoms with van der Waals surface area (Å²) in [4.78, 5) is 12.2. The number of amides is 1. The zero-order valence-electron chi connectivity index (χ0n) is 15.1. The van der Waals surface area contributed by atoms with E-state index in [1.54, 1.807) is 31.2 Å². The van der Waals surface area contributed by atoms with Crippen LogP contribution in [-0.2, 0) is 4.79 Å². The van der Waals surface area contributed by atoms with Crippen molar-refractivity contribution in [2.75, 3.05) is 13.2 Å². The van der Waals surface area contributed by atoms with E-state index in [1.807, 2.05) is 26.8 Å². The Morgan fingerprint density at radius 2 is 1.84 bits per heavy atom. The first-order valence-corrected chi connectivity index (χ1v) is 8.65. The lowest BCUT2D eigenvalue weighted by molar-refractivity contribution is -0.127. The second-order valence-corrected chi connectivity index (χ2v) is 6.49. The molecule has 0 radical (unpaired) electrons. The predicted molar refractivity (Wildman–Crippen MR) is 101 cm³/mol. The molecule has 134 valence electrons. The van der Waals surface area contributed by atoms with Crippen molar-refractivity contribution >= 4 is 17.5 Å². The summed E-state index contributed by atoms with van der Waals surface area (Å²) in [5.41, 5.74) is 3.32. The molecular weight excluding hydrogens is 338 g/mol. The van der Waals surface area contributed by atoms with Gasteiger partial charge in [-0.15, -0.1) is 0 Å². The van der Waals surface area contributed by atoms with Gasteiger partial charge in [0.05, 0.1) is 6.54 Å². The average Bonchev–Trinajstić information content (AvgIpc) is 2.57. The van der Waals surface area contributed by atoms with Gasteiger partial charge in [0, 0.05) is 5.02 Å². The van der Waals surface area contributed by atoms with Crippen LogP contribution in [0.3, 0.4) is 0 Å². The number of carbonyl (C=O) groups is 1. The van der Waals surface area contributed by atoms with Crippen molar-refractivity contribution in [2.24, 2.45) is 0 Å². The van der Waals surface area contributed by atoms with Crippen LogP contribution >= 0.6 is 11.6 Å². The number of halogens is 1. The maximum Gasteiger partial charge on any atom is 0.260 e. The van der Waals surface area contributed by atoms with Crippen LogP contribution in [0.1, 0.15) is 23.6 Å². The number of rotatable bonds is 7. The first-order valence-electron chi connectivity index (χ1n) is 8.27. The van der Waals surface area contributed by atoms with E-state index >= 15 is 0 Å². The topological polar surface area (TPSA) is 47.6 Å². The molecule has 25 heavy (non-hydrogen) atoms. The number of hydrogen-bond donors (Lipinski definition) is 1. The van der Waals surface area contributed by atoms with E-state index in [-0.39, 0.29) is 5.91 Å². The van der Waals surface area contributed by atoms with Gasteiger partial charge in [-0.2, -0.15) is 0 Å². The lowest BCUT2D eigenvalue weighted by atomic mass is 10.1. The first kappa shape index (κ1) is 19.1. The van der Waals surface area contributed by atoms with Crippen molar-refractivity contribution in [1.82, 2.24) is 5.32 Å². The molecule has 1 amide bonds. The maximum atomic E-state index is 12.2. The van der Waals surface area contributed by atoms with Crippen molar-refractivity contribution in [3.8, 4) is 11.5 Å². The lowest BCUT2D eigenvalue weighted by Crippen LogP contribution is -2.38. The van der Waals surface area contributed by atoms with Crippen LogP contribution in [0.5, 0.6) is 11.5 Å². The second-order valence-electron chi connectivity index (χ2n) is 6.06. The molecule has 0 saturated carbocycles. The molecule has 2 aromatic rings. The molecule has 0 bridgehead atoms. The van der Waals surface area contributed by atoms with E-state index in [0.717, 1.165) is 22.4 Å². The van der Waals surface area contributed by atoms with Gasteiger partial charge in [-0.1, -0.05) is 17.7 Å². The number of ether oxygens (including phenoxy) is 2. The minimum absolute atomic E-state index is 0.168. The molecule has 0 aliphatic carbocycles. The van der Waals surface area contributed by atoms with Crippen LogP contribution in [0.25, 0.3) is 0 Å². The van der Waals surface area contributed by atoms with Crippen LogP contribution in [-0.4, -0.2) is 25.2 Å². The number of nitrogens with one attached hydrogen (secondary N) is 1. The Morgan fingerprint density at radius 1 is 1.16 bits per heavy atom. The van der Waals surface area contributed by atoms with Crippen LogP contribution in [0.2, 0.25) is 5.02 Å². The highest BCUT2D eigenvalue weighted by molar-refractivity contribution is 6.30. The minimum atomic E-state index is -0.574. The number of carbonyl (C=O) groups excluding carboxylic acids is 1. The maximum absolute atomic E-state index is 12.2. The fourth-order valence-corrected chi connectivity index (χ4v) is 2.51. The van der Waals surface area contributed by atoms with Crippen molar-refractivity contribution in [1.29, 1.82) is 0 Å². The van der Waals surface area contributed by atoms with Gasteiger partial charge in [-0.3, -0.25) is 4.79 Å². The third-order valence-electron chi connectivity index (χ3n) is 3.92. The number of hydrogen-bond acceptors (Lipinski definition) is 3. The fraction of sp³-hybridized carbons (Fsp3) is 0.350. The van der Waals surface area contributed by atoms with E-state index in [4.69, 9.17) is 21.1 Å². The molecule has 1 N–H and O–H groups in total. The molecule has 1 atom stereocenters. The molecule has 0 aliphatic heterocycles. The van der Waals surface area contributed by atoms with Gasteiger partial charge >= 0.3 is 0 Å². The Morgan fingerprint density at radius 3 is 2.52 bits per heavy atom. The Balaban J connectivity index is 1.79. The normalized spacial score (nSPS) is 11.7. The molecule has 0 spiro atoms. The Kier molecular flexibility index (Phi) is 6.71. The zero-order valence-corrected chi connectivity index (χ0v) is 15.8. The van der Waals surface area contributed by atoms with Crippen LogP contribution in [0, 0.1) is 20.8 Å². The summed E-state index contributed by atoms with van der Waals surface area (Å²) in [5, 5.41) is 3.48. The quantitative estimate of drug-likeness (QED) is 0.751. The predicted octanol–water partition coefficient (Wildman–Crippen LogP) is 4.23. The zero-order chi connectivity index (χ0) is 18.4. The summed E-state index contributed by atoms with van der Waals surface area (Å²) in [6.45, 7) is 8.57. The first-order chi connectivity index (χ1) is 11.9. The second kappa shape index (κ2) is 8.77. The van der Waals surface area contributed by atoms with E-state index in [9.17, 15) is 4.79 Å². The summed E-state index contributed by atoms with van der Waals surface area (Å²) in [5.74, 6) is 1.30. The molecule has 0 saturated heterocycles. The number of benzene rings is 2. The molecule has 5 heteroatoms. The monoisotopic (exact) mass is 361 g/mol.